The third kappa shape index (κ3) is 13.3. The van der Waals surface area contributed by atoms with Crippen LogP contribution in [0.5, 0.6) is 0 Å². The van der Waals surface area contributed by atoms with Gasteiger partial charge in [-0.05, 0) is 43.4 Å². The van der Waals surface area contributed by atoms with Crippen LogP contribution in [0.4, 0.5) is 0 Å². The van der Waals surface area contributed by atoms with Crippen LogP contribution in [0.15, 0.2) is 36.0 Å². The van der Waals surface area contributed by atoms with E-state index in [1.165, 1.54) is 14.2 Å². The van der Waals surface area contributed by atoms with E-state index in [1.807, 2.05) is 51.1 Å². The molecule has 0 aromatic heterocycles. The number of nitrogens with zero attached hydrogens (tertiary/aromatic N) is 2. The summed E-state index contributed by atoms with van der Waals surface area (Å²) in [5.41, 5.74) is 14.3. The summed E-state index contributed by atoms with van der Waals surface area (Å²) in [6, 6.07) is 7.67. The van der Waals surface area contributed by atoms with Crippen molar-refractivity contribution >= 4 is 23.8 Å². The number of carbonyl (C=O) groups is 4. The fraction of sp³-hybridized carbons (Fsp3) is 0.586. The summed E-state index contributed by atoms with van der Waals surface area (Å²) in [6.07, 6.45) is 4.04. The van der Waals surface area contributed by atoms with Crippen molar-refractivity contribution in [2.45, 2.75) is 84.3 Å². The monoisotopic (exact) mass is 546 g/mol. The Morgan fingerprint density at radius 2 is 1.31 bits per heavy atom. The maximum atomic E-state index is 12.9. The molecule has 0 aliphatic rings. The van der Waals surface area contributed by atoms with Gasteiger partial charge in [-0.1, -0.05) is 38.1 Å². The third-order valence-corrected chi connectivity index (χ3v) is 6.76. The lowest BCUT2D eigenvalue weighted by Crippen LogP contribution is -2.41. The summed E-state index contributed by atoms with van der Waals surface area (Å²) in [7, 11) is 2.60. The number of methoxy groups -OCH3 is 2. The van der Waals surface area contributed by atoms with Gasteiger partial charge in [-0.3, -0.25) is 19.2 Å². The number of amides is 2. The van der Waals surface area contributed by atoms with Crippen molar-refractivity contribution < 1.29 is 28.7 Å². The van der Waals surface area contributed by atoms with Crippen molar-refractivity contribution in [1.82, 2.24) is 9.80 Å². The molecular formula is C29H46N4O6. The van der Waals surface area contributed by atoms with Crippen molar-refractivity contribution in [3.05, 3.63) is 47.2 Å². The largest absolute Gasteiger partial charge is 0.469 e. The summed E-state index contributed by atoms with van der Waals surface area (Å²) in [5, 5.41) is 0. The molecule has 0 radical (unpaired) electrons. The van der Waals surface area contributed by atoms with Gasteiger partial charge in [-0.25, -0.2) is 0 Å². The fourth-order valence-electron chi connectivity index (χ4n) is 3.61. The van der Waals surface area contributed by atoms with E-state index in [9.17, 15) is 19.2 Å². The molecule has 0 saturated carbocycles. The molecule has 10 nitrogen and oxygen atoms in total. The second kappa shape index (κ2) is 17.2. The first-order valence-corrected chi connectivity index (χ1v) is 13.4. The molecule has 0 aliphatic heterocycles. The van der Waals surface area contributed by atoms with Gasteiger partial charge in [0.15, 0.2) is 0 Å². The molecule has 1 unspecified atom stereocenters. The first-order chi connectivity index (χ1) is 18.4. The smallest absolute Gasteiger partial charge is 0.306 e. The van der Waals surface area contributed by atoms with Crippen LogP contribution in [0.1, 0.15) is 76.8 Å². The lowest BCUT2D eigenvalue weighted by atomic mass is 9.95. The second-order valence-electron chi connectivity index (χ2n) is 9.95. The highest BCUT2D eigenvalue weighted by Gasteiger charge is 2.21. The minimum Gasteiger partial charge on any atom is -0.469 e. The van der Waals surface area contributed by atoms with Crippen LogP contribution in [0.2, 0.25) is 0 Å². The molecule has 0 bridgehead atoms. The Morgan fingerprint density at radius 3 is 1.74 bits per heavy atom. The van der Waals surface area contributed by atoms with E-state index in [1.54, 1.807) is 9.80 Å². The van der Waals surface area contributed by atoms with Crippen molar-refractivity contribution in [2.75, 3.05) is 27.3 Å². The normalized spacial score (nSPS) is 12.8. The van der Waals surface area contributed by atoms with E-state index >= 15 is 0 Å². The predicted molar refractivity (Wildman–Crippen MR) is 150 cm³/mol. The van der Waals surface area contributed by atoms with Gasteiger partial charge >= 0.3 is 11.9 Å². The number of esters is 2. The molecule has 1 aromatic rings. The van der Waals surface area contributed by atoms with Crippen LogP contribution in [-0.4, -0.2) is 66.4 Å². The number of carbonyl (C=O) groups excluding carboxylic acids is 4. The van der Waals surface area contributed by atoms with Crippen LogP contribution in [0.25, 0.3) is 0 Å². The molecule has 218 valence electrons. The van der Waals surface area contributed by atoms with Crippen molar-refractivity contribution in [3.63, 3.8) is 0 Å². The highest BCUT2D eigenvalue weighted by molar-refractivity contribution is 5.82. The zero-order valence-electron chi connectivity index (χ0n) is 24.2. The SMILES string of the molecule is CC/C(N)=C\CN(Cc1ccc(CN(CCC(C)(N)CC)C(=O)CCC(=O)OC)cc1)C(=O)CCC(=O)OC. The Bertz CT molecular complexity index is 974. The summed E-state index contributed by atoms with van der Waals surface area (Å²) in [6.45, 7) is 7.43. The van der Waals surface area contributed by atoms with Gasteiger partial charge in [-0.2, -0.15) is 0 Å². The molecular weight excluding hydrogens is 500 g/mol. The number of nitrogens with two attached hydrogens (primary N) is 2. The lowest BCUT2D eigenvalue weighted by Gasteiger charge is -2.29. The third-order valence-electron chi connectivity index (χ3n) is 6.76. The van der Waals surface area contributed by atoms with E-state index in [4.69, 9.17) is 11.5 Å². The number of rotatable bonds is 17. The Morgan fingerprint density at radius 1 is 0.846 bits per heavy atom. The standard InChI is InChI=1S/C29H46N4O6/c1-6-24(30)16-18-32(25(34)12-14-27(36)38-4)20-22-8-10-23(11-9-22)21-33(19-17-29(3,31)7-2)26(35)13-15-28(37)39-5/h8-11,16H,6-7,12-15,17-21,30-31H2,1-5H3/b24-16+. The quantitative estimate of drug-likeness (QED) is 0.284. The van der Waals surface area contributed by atoms with Crippen molar-refractivity contribution in [1.29, 1.82) is 0 Å². The number of benzene rings is 1. The fourth-order valence-corrected chi connectivity index (χ4v) is 3.61. The summed E-state index contributed by atoms with van der Waals surface area (Å²) in [5.74, 6) is -1.17. The molecule has 0 spiro atoms. The van der Waals surface area contributed by atoms with E-state index < -0.39 is 17.5 Å². The van der Waals surface area contributed by atoms with Gasteiger partial charge < -0.3 is 30.7 Å². The highest BCUT2D eigenvalue weighted by Crippen LogP contribution is 2.16. The molecule has 1 rings (SSSR count). The Kier molecular flexibility index (Phi) is 14.9. The molecule has 0 heterocycles. The number of hydrogen-bond acceptors (Lipinski definition) is 8. The molecule has 10 heteroatoms. The maximum absolute atomic E-state index is 12.9. The minimum atomic E-state index is -0.434. The Labute approximate surface area is 232 Å². The van der Waals surface area contributed by atoms with E-state index in [0.717, 1.165) is 17.5 Å². The predicted octanol–water partition coefficient (Wildman–Crippen LogP) is 3.02. The average molecular weight is 547 g/mol. The first kappa shape index (κ1) is 33.6. The molecule has 0 saturated heterocycles. The van der Waals surface area contributed by atoms with E-state index in [-0.39, 0.29) is 37.5 Å². The molecule has 4 N–H and O–H groups in total. The number of hydrogen-bond donors (Lipinski definition) is 2. The van der Waals surface area contributed by atoms with Gasteiger partial charge in [0.25, 0.3) is 0 Å². The van der Waals surface area contributed by atoms with Crippen LogP contribution in [0.3, 0.4) is 0 Å². The van der Waals surface area contributed by atoms with Gasteiger partial charge in [0.05, 0.1) is 27.1 Å². The lowest BCUT2D eigenvalue weighted by molar-refractivity contribution is -0.144. The topological polar surface area (TPSA) is 145 Å². The average Bonchev–Trinajstić information content (AvgIpc) is 2.94. The number of ether oxygens (including phenoxy) is 2. The van der Waals surface area contributed by atoms with E-state index in [0.29, 0.717) is 44.7 Å². The van der Waals surface area contributed by atoms with Gasteiger partial charge in [0.1, 0.15) is 0 Å². The van der Waals surface area contributed by atoms with Crippen LogP contribution >= 0.6 is 0 Å². The molecule has 0 aliphatic carbocycles. The van der Waals surface area contributed by atoms with E-state index in [2.05, 4.69) is 9.47 Å². The molecule has 39 heavy (non-hydrogen) atoms. The summed E-state index contributed by atoms with van der Waals surface area (Å²) >= 11 is 0. The van der Waals surface area contributed by atoms with Gasteiger partial charge in [0, 0.05) is 50.3 Å². The minimum absolute atomic E-state index is 0.0114. The van der Waals surface area contributed by atoms with Crippen LogP contribution in [-0.2, 0) is 41.7 Å². The zero-order valence-corrected chi connectivity index (χ0v) is 24.2. The van der Waals surface area contributed by atoms with Crippen LogP contribution in [0, 0.1) is 0 Å². The molecule has 2 amide bonds. The molecule has 1 atom stereocenters. The van der Waals surface area contributed by atoms with Crippen LogP contribution < -0.4 is 11.5 Å². The van der Waals surface area contributed by atoms with Gasteiger partial charge in [-0.15, -0.1) is 0 Å². The summed E-state index contributed by atoms with van der Waals surface area (Å²) < 4.78 is 9.32. The Hall–Kier alpha value is -3.40. The number of allylic oxidation sites excluding steroid dienone is 1. The van der Waals surface area contributed by atoms with Crippen molar-refractivity contribution in [3.8, 4) is 0 Å². The summed E-state index contributed by atoms with van der Waals surface area (Å²) in [4.78, 5) is 52.2. The Balaban J connectivity index is 2.98. The second-order valence-corrected chi connectivity index (χ2v) is 9.95. The van der Waals surface area contributed by atoms with Crippen molar-refractivity contribution in [2.24, 2.45) is 11.5 Å². The highest BCUT2D eigenvalue weighted by atomic mass is 16.5. The first-order valence-electron chi connectivity index (χ1n) is 13.4. The molecule has 0 fully saturated rings. The molecule has 1 aromatic carbocycles. The maximum Gasteiger partial charge on any atom is 0.306 e. The van der Waals surface area contributed by atoms with Gasteiger partial charge in [0.2, 0.25) is 11.8 Å². The zero-order chi connectivity index (χ0) is 29.4.